The predicted molar refractivity (Wildman–Crippen MR) is 53.6 cm³/mol. The normalized spacial score (nSPS) is 11.9. The van der Waals surface area contributed by atoms with Gasteiger partial charge in [0.2, 0.25) is 0 Å². The van der Waals surface area contributed by atoms with E-state index < -0.39 is 0 Å². The minimum atomic E-state index is 0.352. The molecule has 12 heavy (non-hydrogen) atoms. The van der Waals surface area contributed by atoms with Crippen molar-refractivity contribution < 1.29 is 0 Å². The standard InChI is InChI=1S/C8H18N4/c1-7(2)12(6-5-9)11-8(3)10-4/h7H,4-6,9H2,1-3H3/b11-8-. The first-order chi connectivity index (χ1) is 5.61. The van der Waals surface area contributed by atoms with Gasteiger partial charge in [0, 0.05) is 19.1 Å². The van der Waals surface area contributed by atoms with Crippen LogP contribution in [0.3, 0.4) is 0 Å². The summed E-state index contributed by atoms with van der Waals surface area (Å²) in [6, 6.07) is 0.352. The topological polar surface area (TPSA) is 54.0 Å². The van der Waals surface area contributed by atoms with E-state index in [0.29, 0.717) is 18.4 Å². The number of hydrogen-bond donors (Lipinski definition) is 1. The summed E-state index contributed by atoms with van der Waals surface area (Å²) < 4.78 is 0. The molecule has 4 heteroatoms. The SMILES string of the molecule is C=N/C(C)=N\N(CCN)C(C)C. The molecule has 0 aliphatic heterocycles. The molecule has 0 amide bonds. The fraction of sp³-hybridized carbons (Fsp3) is 0.750. The van der Waals surface area contributed by atoms with Gasteiger partial charge in [0.25, 0.3) is 0 Å². The van der Waals surface area contributed by atoms with E-state index in [1.165, 1.54) is 0 Å². The molecule has 0 bridgehead atoms. The number of hydrazone groups is 1. The van der Waals surface area contributed by atoms with Gasteiger partial charge >= 0.3 is 0 Å². The number of hydrogen-bond acceptors (Lipinski definition) is 3. The molecule has 2 N–H and O–H groups in total. The molecule has 0 saturated carbocycles. The number of aliphatic imine (C=N–C) groups is 1. The number of nitrogens with zero attached hydrogens (tertiary/aromatic N) is 3. The first kappa shape index (κ1) is 11.1. The lowest BCUT2D eigenvalue weighted by atomic mass is 10.4. The van der Waals surface area contributed by atoms with Crippen LogP contribution in [0.2, 0.25) is 0 Å². The molecule has 0 aliphatic rings. The lowest BCUT2D eigenvalue weighted by Gasteiger charge is -2.22. The Bertz CT molecular complexity index is 162. The molecule has 0 heterocycles. The molecule has 4 nitrogen and oxygen atoms in total. The van der Waals surface area contributed by atoms with Crippen LogP contribution in [-0.2, 0) is 0 Å². The first-order valence-electron chi connectivity index (χ1n) is 4.10. The van der Waals surface area contributed by atoms with Gasteiger partial charge in [-0.05, 0) is 27.5 Å². The molecule has 70 valence electrons. The third-order valence-corrected chi connectivity index (χ3v) is 1.46. The average Bonchev–Trinajstić information content (AvgIpc) is 2.03. The molecular formula is C8H18N4. The molecule has 0 rings (SSSR count). The van der Waals surface area contributed by atoms with Gasteiger partial charge in [0.1, 0.15) is 5.84 Å². The Labute approximate surface area is 74.2 Å². The third kappa shape index (κ3) is 4.08. The van der Waals surface area contributed by atoms with Crippen LogP contribution in [0.5, 0.6) is 0 Å². The van der Waals surface area contributed by atoms with Crippen molar-refractivity contribution in [3.63, 3.8) is 0 Å². The molecule has 0 unspecified atom stereocenters. The molecule has 0 radical (unpaired) electrons. The zero-order valence-electron chi connectivity index (χ0n) is 8.12. The van der Waals surface area contributed by atoms with Crippen molar-refractivity contribution in [1.82, 2.24) is 5.01 Å². The Kier molecular flexibility index (Phi) is 5.28. The molecule has 0 aromatic carbocycles. The van der Waals surface area contributed by atoms with Gasteiger partial charge in [0.15, 0.2) is 0 Å². The van der Waals surface area contributed by atoms with Gasteiger partial charge in [-0.2, -0.15) is 5.10 Å². The lowest BCUT2D eigenvalue weighted by molar-refractivity contribution is 0.239. The second-order valence-electron chi connectivity index (χ2n) is 2.85. The van der Waals surface area contributed by atoms with Crippen LogP contribution in [0.1, 0.15) is 20.8 Å². The molecule has 0 aliphatic carbocycles. The van der Waals surface area contributed by atoms with E-state index in [2.05, 4.69) is 30.7 Å². The van der Waals surface area contributed by atoms with Crippen LogP contribution in [-0.4, -0.2) is 36.7 Å². The molecule has 0 fully saturated rings. The second kappa shape index (κ2) is 5.71. The van der Waals surface area contributed by atoms with Crippen LogP contribution in [0, 0.1) is 0 Å². The summed E-state index contributed by atoms with van der Waals surface area (Å²) in [5.74, 6) is 0.678. The van der Waals surface area contributed by atoms with Crippen molar-refractivity contribution in [2.24, 2.45) is 15.8 Å². The van der Waals surface area contributed by atoms with E-state index in [4.69, 9.17) is 5.73 Å². The zero-order chi connectivity index (χ0) is 9.56. The molecule has 0 atom stereocenters. The molecule has 0 aromatic heterocycles. The van der Waals surface area contributed by atoms with Gasteiger partial charge in [0.05, 0.1) is 0 Å². The maximum atomic E-state index is 5.43. The fourth-order valence-electron chi connectivity index (χ4n) is 0.773. The highest BCUT2D eigenvalue weighted by atomic mass is 15.5. The summed E-state index contributed by atoms with van der Waals surface area (Å²) in [5.41, 5.74) is 5.43. The third-order valence-electron chi connectivity index (χ3n) is 1.46. The van der Waals surface area contributed by atoms with E-state index in [9.17, 15) is 0 Å². The van der Waals surface area contributed by atoms with Gasteiger partial charge in [-0.15, -0.1) is 0 Å². The summed E-state index contributed by atoms with van der Waals surface area (Å²) in [6.07, 6.45) is 0. The Morgan fingerprint density at radius 1 is 1.58 bits per heavy atom. The minimum Gasteiger partial charge on any atom is -0.329 e. The highest BCUT2D eigenvalue weighted by molar-refractivity contribution is 5.83. The van der Waals surface area contributed by atoms with Crippen molar-refractivity contribution in [3.05, 3.63) is 0 Å². The maximum absolute atomic E-state index is 5.43. The van der Waals surface area contributed by atoms with Crippen LogP contribution in [0.15, 0.2) is 10.1 Å². The summed E-state index contributed by atoms with van der Waals surface area (Å²) in [4.78, 5) is 3.71. The van der Waals surface area contributed by atoms with Crippen LogP contribution in [0.4, 0.5) is 0 Å². The molecule has 0 saturated heterocycles. The Hall–Kier alpha value is -0.900. The largest absolute Gasteiger partial charge is 0.329 e. The molecular weight excluding hydrogens is 152 g/mol. The average molecular weight is 170 g/mol. The smallest absolute Gasteiger partial charge is 0.144 e. The van der Waals surface area contributed by atoms with Gasteiger partial charge in [-0.1, -0.05) is 0 Å². The Morgan fingerprint density at radius 2 is 2.17 bits per heavy atom. The highest BCUT2D eigenvalue weighted by Gasteiger charge is 2.04. The molecule has 0 spiro atoms. The quantitative estimate of drug-likeness (QED) is 0.383. The summed E-state index contributed by atoms with van der Waals surface area (Å²) in [5, 5.41) is 6.13. The number of nitrogens with two attached hydrogens (primary N) is 1. The summed E-state index contributed by atoms with van der Waals surface area (Å²) in [7, 11) is 0. The van der Waals surface area contributed by atoms with E-state index in [0.717, 1.165) is 6.54 Å². The van der Waals surface area contributed by atoms with Crippen LogP contribution < -0.4 is 5.73 Å². The highest BCUT2D eigenvalue weighted by Crippen LogP contribution is 1.98. The van der Waals surface area contributed by atoms with Crippen LogP contribution in [0.25, 0.3) is 0 Å². The van der Waals surface area contributed by atoms with E-state index in [-0.39, 0.29) is 0 Å². The minimum absolute atomic E-state index is 0.352. The van der Waals surface area contributed by atoms with Crippen molar-refractivity contribution in [2.45, 2.75) is 26.8 Å². The Balaban J connectivity index is 4.20. The lowest BCUT2D eigenvalue weighted by Crippen LogP contribution is -2.31. The zero-order valence-corrected chi connectivity index (χ0v) is 8.12. The van der Waals surface area contributed by atoms with Crippen molar-refractivity contribution in [2.75, 3.05) is 13.1 Å². The maximum Gasteiger partial charge on any atom is 0.144 e. The summed E-state index contributed by atoms with van der Waals surface area (Å²) >= 11 is 0. The van der Waals surface area contributed by atoms with Gasteiger partial charge < -0.3 is 5.73 Å². The predicted octanol–water partition coefficient (Wildman–Crippen LogP) is 0.689. The monoisotopic (exact) mass is 170 g/mol. The van der Waals surface area contributed by atoms with Crippen LogP contribution >= 0.6 is 0 Å². The van der Waals surface area contributed by atoms with Crippen molar-refractivity contribution in [1.29, 1.82) is 0 Å². The molecule has 0 aromatic rings. The van der Waals surface area contributed by atoms with Gasteiger partial charge in [-0.3, -0.25) is 5.01 Å². The number of rotatable bonds is 4. The second-order valence-corrected chi connectivity index (χ2v) is 2.85. The first-order valence-corrected chi connectivity index (χ1v) is 4.10. The van der Waals surface area contributed by atoms with Crippen molar-refractivity contribution >= 4 is 12.6 Å². The van der Waals surface area contributed by atoms with E-state index >= 15 is 0 Å². The Morgan fingerprint density at radius 3 is 2.50 bits per heavy atom. The van der Waals surface area contributed by atoms with Crippen molar-refractivity contribution in [3.8, 4) is 0 Å². The van der Waals surface area contributed by atoms with Gasteiger partial charge in [-0.25, -0.2) is 4.99 Å². The van der Waals surface area contributed by atoms with E-state index in [1.807, 2.05) is 11.9 Å². The summed E-state index contributed by atoms with van der Waals surface area (Å²) in [6.45, 7) is 10.7. The van der Waals surface area contributed by atoms with E-state index in [1.54, 1.807) is 0 Å². The fourth-order valence-corrected chi connectivity index (χ4v) is 0.773. The number of amidine groups is 1.